The second-order valence-corrected chi connectivity index (χ2v) is 4.00. The van der Waals surface area contributed by atoms with E-state index < -0.39 is 0 Å². The van der Waals surface area contributed by atoms with Gasteiger partial charge in [-0.15, -0.1) is 0 Å². The Labute approximate surface area is 122 Å². The van der Waals surface area contributed by atoms with Crippen LogP contribution < -0.4 is 14.9 Å². The molecular formula is C15H16N2O4. The van der Waals surface area contributed by atoms with Gasteiger partial charge in [0.2, 0.25) is 0 Å². The highest BCUT2D eigenvalue weighted by Gasteiger charge is 2.02. The zero-order valence-electron chi connectivity index (χ0n) is 11.6. The molecule has 2 aromatic rings. The molecule has 0 fully saturated rings. The van der Waals surface area contributed by atoms with Gasteiger partial charge in [0.25, 0.3) is 5.91 Å². The SMILES string of the molecule is CCOc1ccc(OCC(=O)N/N=C/c2ccco2)cc1. The van der Waals surface area contributed by atoms with E-state index in [0.717, 1.165) is 5.75 Å². The Kier molecular flexibility index (Phi) is 5.40. The Hall–Kier alpha value is -2.76. The van der Waals surface area contributed by atoms with Crippen LogP contribution in [0.25, 0.3) is 0 Å². The van der Waals surface area contributed by atoms with E-state index in [0.29, 0.717) is 18.1 Å². The van der Waals surface area contributed by atoms with Crippen LogP contribution in [-0.4, -0.2) is 25.3 Å². The van der Waals surface area contributed by atoms with Gasteiger partial charge < -0.3 is 13.9 Å². The molecule has 2 rings (SSSR count). The van der Waals surface area contributed by atoms with E-state index in [-0.39, 0.29) is 12.5 Å². The molecule has 1 aromatic heterocycles. The van der Waals surface area contributed by atoms with Crippen LogP contribution in [-0.2, 0) is 4.79 Å². The normalized spacial score (nSPS) is 10.5. The Morgan fingerprint density at radius 2 is 1.95 bits per heavy atom. The summed E-state index contributed by atoms with van der Waals surface area (Å²) in [5, 5.41) is 3.75. The topological polar surface area (TPSA) is 73.1 Å². The van der Waals surface area contributed by atoms with Gasteiger partial charge in [-0.05, 0) is 43.3 Å². The molecule has 0 atom stereocenters. The number of furan rings is 1. The van der Waals surface area contributed by atoms with Crippen molar-refractivity contribution < 1.29 is 18.7 Å². The fraction of sp³-hybridized carbons (Fsp3) is 0.200. The minimum atomic E-state index is -0.355. The van der Waals surface area contributed by atoms with E-state index in [4.69, 9.17) is 13.9 Å². The number of hydrogen-bond acceptors (Lipinski definition) is 5. The summed E-state index contributed by atoms with van der Waals surface area (Å²) in [5.41, 5.74) is 2.34. The van der Waals surface area contributed by atoms with Gasteiger partial charge >= 0.3 is 0 Å². The summed E-state index contributed by atoms with van der Waals surface area (Å²) in [6.07, 6.45) is 2.94. The second-order valence-electron chi connectivity index (χ2n) is 4.00. The van der Waals surface area contributed by atoms with Crippen molar-refractivity contribution in [3.05, 3.63) is 48.4 Å². The van der Waals surface area contributed by atoms with Crippen LogP contribution in [0.2, 0.25) is 0 Å². The number of carbonyl (C=O) groups excluding carboxylic acids is 1. The number of nitrogens with zero attached hydrogens (tertiary/aromatic N) is 1. The van der Waals surface area contributed by atoms with E-state index in [9.17, 15) is 4.79 Å². The van der Waals surface area contributed by atoms with Crippen molar-refractivity contribution in [1.29, 1.82) is 0 Å². The largest absolute Gasteiger partial charge is 0.494 e. The Balaban J connectivity index is 1.73. The van der Waals surface area contributed by atoms with Crippen LogP contribution in [0.3, 0.4) is 0 Å². The van der Waals surface area contributed by atoms with Crippen LogP contribution >= 0.6 is 0 Å². The fourth-order valence-electron chi connectivity index (χ4n) is 1.51. The lowest BCUT2D eigenvalue weighted by molar-refractivity contribution is -0.123. The summed E-state index contributed by atoms with van der Waals surface area (Å²) >= 11 is 0. The highest BCUT2D eigenvalue weighted by atomic mass is 16.5. The monoisotopic (exact) mass is 288 g/mol. The molecule has 1 aromatic carbocycles. The average molecular weight is 288 g/mol. The number of ether oxygens (including phenoxy) is 2. The van der Waals surface area contributed by atoms with E-state index in [2.05, 4.69) is 10.5 Å². The number of carbonyl (C=O) groups is 1. The lowest BCUT2D eigenvalue weighted by Crippen LogP contribution is -2.24. The van der Waals surface area contributed by atoms with Gasteiger partial charge in [0, 0.05) is 0 Å². The predicted octanol–water partition coefficient (Wildman–Crippen LogP) is 2.21. The highest BCUT2D eigenvalue weighted by Crippen LogP contribution is 2.17. The van der Waals surface area contributed by atoms with E-state index in [1.165, 1.54) is 12.5 Å². The number of hydrogen-bond donors (Lipinski definition) is 1. The zero-order valence-corrected chi connectivity index (χ0v) is 11.6. The minimum absolute atomic E-state index is 0.122. The Morgan fingerprint density at radius 3 is 2.57 bits per heavy atom. The van der Waals surface area contributed by atoms with Crippen molar-refractivity contribution in [2.45, 2.75) is 6.92 Å². The van der Waals surface area contributed by atoms with Crippen LogP contribution in [0.4, 0.5) is 0 Å². The minimum Gasteiger partial charge on any atom is -0.494 e. The summed E-state index contributed by atoms with van der Waals surface area (Å²) in [5.74, 6) is 1.55. The van der Waals surface area contributed by atoms with Gasteiger partial charge in [-0.2, -0.15) is 5.10 Å². The van der Waals surface area contributed by atoms with Crippen LogP contribution in [0.5, 0.6) is 11.5 Å². The van der Waals surface area contributed by atoms with Crippen LogP contribution in [0.15, 0.2) is 52.2 Å². The first-order chi connectivity index (χ1) is 10.3. The standard InChI is InChI=1S/C15H16N2O4/c1-2-19-12-5-7-13(8-6-12)21-11-15(18)17-16-10-14-4-3-9-20-14/h3-10H,2,11H2,1H3,(H,17,18)/b16-10+. The maximum atomic E-state index is 11.5. The molecule has 1 N–H and O–H groups in total. The van der Waals surface area contributed by atoms with Gasteiger partial charge in [0.05, 0.1) is 19.1 Å². The first-order valence-corrected chi connectivity index (χ1v) is 6.49. The molecule has 6 heteroatoms. The quantitative estimate of drug-likeness (QED) is 0.626. The molecule has 0 aliphatic rings. The number of nitrogens with one attached hydrogen (secondary N) is 1. The lowest BCUT2D eigenvalue weighted by Gasteiger charge is -2.06. The molecule has 0 unspecified atom stereocenters. The molecule has 21 heavy (non-hydrogen) atoms. The summed E-state index contributed by atoms with van der Waals surface area (Å²) in [6, 6.07) is 10.5. The zero-order chi connectivity index (χ0) is 14.9. The molecule has 0 aliphatic heterocycles. The predicted molar refractivity (Wildman–Crippen MR) is 77.6 cm³/mol. The van der Waals surface area contributed by atoms with Gasteiger partial charge in [0.1, 0.15) is 17.3 Å². The molecule has 0 saturated carbocycles. The van der Waals surface area contributed by atoms with E-state index >= 15 is 0 Å². The lowest BCUT2D eigenvalue weighted by atomic mass is 10.3. The van der Waals surface area contributed by atoms with Gasteiger partial charge in [-0.3, -0.25) is 4.79 Å². The van der Waals surface area contributed by atoms with E-state index in [1.54, 1.807) is 36.4 Å². The molecule has 0 radical (unpaired) electrons. The number of hydrazone groups is 1. The Morgan fingerprint density at radius 1 is 1.24 bits per heavy atom. The fourth-order valence-corrected chi connectivity index (χ4v) is 1.51. The molecule has 0 saturated heterocycles. The molecule has 1 heterocycles. The smallest absolute Gasteiger partial charge is 0.277 e. The van der Waals surface area contributed by atoms with Gasteiger partial charge in [-0.25, -0.2) is 5.43 Å². The summed E-state index contributed by atoms with van der Waals surface area (Å²) in [7, 11) is 0. The van der Waals surface area contributed by atoms with Gasteiger partial charge in [-0.1, -0.05) is 0 Å². The van der Waals surface area contributed by atoms with Crippen molar-refractivity contribution in [1.82, 2.24) is 5.43 Å². The molecule has 1 amide bonds. The maximum absolute atomic E-state index is 11.5. The highest BCUT2D eigenvalue weighted by molar-refractivity contribution is 5.81. The van der Waals surface area contributed by atoms with Crippen molar-refractivity contribution in [3.63, 3.8) is 0 Å². The van der Waals surface area contributed by atoms with Crippen molar-refractivity contribution in [2.75, 3.05) is 13.2 Å². The van der Waals surface area contributed by atoms with Crippen molar-refractivity contribution >= 4 is 12.1 Å². The maximum Gasteiger partial charge on any atom is 0.277 e. The van der Waals surface area contributed by atoms with Crippen LogP contribution in [0, 0.1) is 0 Å². The molecule has 0 bridgehead atoms. The molecule has 0 aliphatic carbocycles. The third-order valence-corrected chi connectivity index (χ3v) is 2.43. The van der Waals surface area contributed by atoms with Crippen molar-refractivity contribution in [3.8, 4) is 11.5 Å². The third kappa shape index (κ3) is 5.02. The molecular weight excluding hydrogens is 272 g/mol. The average Bonchev–Trinajstić information content (AvgIpc) is 3.00. The summed E-state index contributed by atoms with van der Waals surface area (Å²) in [6.45, 7) is 2.40. The summed E-state index contributed by atoms with van der Waals surface area (Å²) < 4.78 is 15.7. The second kappa shape index (κ2) is 7.74. The van der Waals surface area contributed by atoms with Gasteiger partial charge in [0.15, 0.2) is 6.61 Å². The summed E-state index contributed by atoms with van der Waals surface area (Å²) in [4.78, 5) is 11.5. The first-order valence-electron chi connectivity index (χ1n) is 6.49. The van der Waals surface area contributed by atoms with Crippen LogP contribution in [0.1, 0.15) is 12.7 Å². The first kappa shape index (κ1) is 14.6. The number of benzene rings is 1. The number of amides is 1. The molecule has 6 nitrogen and oxygen atoms in total. The third-order valence-electron chi connectivity index (χ3n) is 2.43. The molecule has 110 valence electrons. The van der Waals surface area contributed by atoms with E-state index in [1.807, 2.05) is 6.92 Å². The van der Waals surface area contributed by atoms with Crippen molar-refractivity contribution in [2.24, 2.45) is 5.10 Å². The molecule has 0 spiro atoms. The number of rotatable bonds is 7. The Bertz CT molecular complexity index is 576.